The number of guanidine groups is 1. The number of ether oxygens (including phenoxy) is 1. The molecule has 0 fully saturated rings. The van der Waals surface area contributed by atoms with Crippen molar-refractivity contribution in [1.82, 2.24) is 15.2 Å². The van der Waals surface area contributed by atoms with Gasteiger partial charge < -0.3 is 15.0 Å². The third-order valence-corrected chi connectivity index (χ3v) is 4.40. The zero-order valence-corrected chi connectivity index (χ0v) is 15.9. The van der Waals surface area contributed by atoms with Crippen molar-refractivity contribution in [3.05, 3.63) is 44.8 Å². The van der Waals surface area contributed by atoms with Crippen molar-refractivity contribution in [3.63, 3.8) is 0 Å². The molecule has 0 atom stereocenters. The molecular formula is C16H21BrN4OS. The largest absolute Gasteiger partial charge is 0.492 e. The summed E-state index contributed by atoms with van der Waals surface area (Å²) in [5.74, 6) is 1.68. The van der Waals surface area contributed by atoms with Crippen molar-refractivity contribution in [3.8, 4) is 5.75 Å². The molecule has 0 aliphatic rings. The second-order valence-corrected chi connectivity index (χ2v) is 6.97. The normalized spacial score (nSPS) is 11.4. The molecule has 1 heterocycles. The van der Waals surface area contributed by atoms with Gasteiger partial charge in [-0.25, -0.2) is 4.98 Å². The van der Waals surface area contributed by atoms with Crippen LogP contribution in [0.5, 0.6) is 5.75 Å². The summed E-state index contributed by atoms with van der Waals surface area (Å²) in [4.78, 5) is 10.8. The van der Waals surface area contributed by atoms with Crippen molar-refractivity contribution < 1.29 is 4.74 Å². The first-order valence-corrected chi connectivity index (χ1v) is 8.97. The molecule has 5 nitrogen and oxygen atoms in total. The second kappa shape index (κ2) is 8.88. The Morgan fingerprint density at radius 2 is 2.30 bits per heavy atom. The predicted molar refractivity (Wildman–Crippen MR) is 99.3 cm³/mol. The fourth-order valence-electron chi connectivity index (χ4n) is 2.07. The minimum Gasteiger partial charge on any atom is -0.492 e. The number of aliphatic imine (C=N–C) groups is 1. The third kappa shape index (κ3) is 5.84. The molecule has 7 heteroatoms. The minimum atomic E-state index is 0.569. The summed E-state index contributed by atoms with van der Waals surface area (Å²) in [6, 6.07) is 7.82. The summed E-state index contributed by atoms with van der Waals surface area (Å²) in [7, 11) is 3.78. The molecule has 0 spiro atoms. The van der Waals surface area contributed by atoms with Gasteiger partial charge in [-0.1, -0.05) is 22.0 Å². The van der Waals surface area contributed by atoms with Crippen molar-refractivity contribution in [1.29, 1.82) is 0 Å². The Morgan fingerprint density at radius 3 is 2.96 bits per heavy atom. The molecule has 1 N–H and O–H groups in total. The molecule has 0 bridgehead atoms. The molecule has 0 aliphatic carbocycles. The maximum atomic E-state index is 5.71. The number of benzene rings is 1. The first-order chi connectivity index (χ1) is 11.1. The van der Waals surface area contributed by atoms with Gasteiger partial charge in [-0.3, -0.25) is 4.99 Å². The lowest BCUT2D eigenvalue weighted by Crippen LogP contribution is -2.40. The van der Waals surface area contributed by atoms with Crippen molar-refractivity contribution in [2.45, 2.75) is 13.5 Å². The van der Waals surface area contributed by atoms with Crippen molar-refractivity contribution >= 4 is 33.2 Å². The summed E-state index contributed by atoms with van der Waals surface area (Å²) >= 11 is 5.10. The molecule has 0 radical (unpaired) electrons. The molecule has 124 valence electrons. The number of halogens is 1. The van der Waals surface area contributed by atoms with Gasteiger partial charge >= 0.3 is 0 Å². The van der Waals surface area contributed by atoms with Gasteiger partial charge in [0.1, 0.15) is 12.4 Å². The number of nitrogens with zero attached hydrogens (tertiary/aromatic N) is 3. The Bertz CT molecular complexity index is 659. The number of thiazole rings is 1. The Balaban J connectivity index is 1.76. The summed E-state index contributed by atoms with van der Waals surface area (Å²) in [6.45, 7) is 4.00. The smallest absolute Gasteiger partial charge is 0.193 e. The molecule has 1 aromatic carbocycles. The van der Waals surface area contributed by atoms with Crippen LogP contribution in [0.15, 0.2) is 39.1 Å². The molecule has 0 aliphatic heterocycles. The van der Waals surface area contributed by atoms with Gasteiger partial charge in [0.2, 0.25) is 0 Å². The quantitative estimate of drug-likeness (QED) is 0.462. The van der Waals surface area contributed by atoms with E-state index in [1.165, 1.54) is 0 Å². The van der Waals surface area contributed by atoms with Crippen LogP contribution >= 0.6 is 27.3 Å². The average Bonchev–Trinajstić information content (AvgIpc) is 2.92. The molecule has 0 saturated heterocycles. The number of nitrogens with one attached hydrogen (secondary N) is 1. The van der Waals surface area contributed by atoms with E-state index in [-0.39, 0.29) is 0 Å². The fourth-order valence-corrected chi connectivity index (χ4v) is 3.05. The van der Waals surface area contributed by atoms with E-state index in [0.717, 1.165) is 33.4 Å². The van der Waals surface area contributed by atoms with Gasteiger partial charge in [-0.15, -0.1) is 11.3 Å². The van der Waals surface area contributed by atoms with Crippen LogP contribution in [-0.2, 0) is 6.54 Å². The van der Waals surface area contributed by atoms with E-state index < -0.39 is 0 Å². The van der Waals surface area contributed by atoms with E-state index in [4.69, 9.17) is 4.74 Å². The predicted octanol–water partition coefficient (Wildman–Crippen LogP) is 3.30. The number of hydrogen-bond donors (Lipinski definition) is 1. The highest BCUT2D eigenvalue weighted by Gasteiger charge is 2.08. The lowest BCUT2D eigenvalue weighted by atomic mass is 10.3. The zero-order valence-electron chi connectivity index (χ0n) is 13.5. The highest BCUT2D eigenvalue weighted by atomic mass is 79.9. The molecular weight excluding hydrogens is 376 g/mol. The Kier molecular flexibility index (Phi) is 6.85. The second-order valence-electron chi connectivity index (χ2n) is 4.99. The number of aromatic nitrogens is 1. The molecule has 0 unspecified atom stereocenters. The highest BCUT2D eigenvalue weighted by Crippen LogP contribution is 2.17. The van der Waals surface area contributed by atoms with E-state index >= 15 is 0 Å². The fraction of sp³-hybridized carbons (Fsp3) is 0.375. The molecule has 2 aromatic rings. The van der Waals surface area contributed by atoms with Gasteiger partial charge in [-0.05, 0) is 25.1 Å². The van der Waals surface area contributed by atoms with E-state index in [1.807, 2.05) is 43.1 Å². The Hall–Kier alpha value is -1.60. The zero-order chi connectivity index (χ0) is 16.7. The summed E-state index contributed by atoms with van der Waals surface area (Å²) in [5, 5.41) is 6.46. The maximum Gasteiger partial charge on any atom is 0.193 e. The average molecular weight is 397 g/mol. The van der Waals surface area contributed by atoms with Crippen LogP contribution in [0, 0.1) is 6.92 Å². The lowest BCUT2D eigenvalue weighted by Gasteiger charge is -2.21. The van der Waals surface area contributed by atoms with Crippen LogP contribution in [0.4, 0.5) is 0 Å². The van der Waals surface area contributed by atoms with E-state index in [9.17, 15) is 0 Å². The molecule has 0 amide bonds. The van der Waals surface area contributed by atoms with Crippen molar-refractivity contribution in [2.24, 2.45) is 4.99 Å². The van der Waals surface area contributed by atoms with Gasteiger partial charge in [0.25, 0.3) is 0 Å². The summed E-state index contributed by atoms with van der Waals surface area (Å²) in [6.07, 6.45) is 0. The molecule has 23 heavy (non-hydrogen) atoms. The Morgan fingerprint density at radius 1 is 1.48 bits per heavy atom. The monoisotopic (exact) mass is 396 g/mol. The number of hydrogen-bond acceptors (Lipinski definition) is 4. The molecule has 1 aromatic heterocycles. The van der Waals surface area contributed by atoms with E-state index in [2.05, 4.69) is 36.6 Å². The van der Waals surface area contributed by atoms with E-state index in [0.29, 0.717) is 13.2 Å². The Labute approximate surface area is 149 Å². The van der Waals surface area contributed by atoms with Gasteiger partial charge in [0.05, 0.1) is 23.8 Å². The van der Waals surface area contributed by atoms with Crippen molar-refractivity contribution in [2.75, 3.05) is 27.2 Å². The highest BCUT2D eigenvalue weighted by molar-refractivity contribution is 9.10. The van der Waals surface area contributed by atoms with Gasteiger partial charge in [0.15, 0.2) is 5.96 Å². The van der Waals surface area contributed by atoms with Crippen LogP contribution in [0.2, 0.25) is 0 Å². The topological polar surface area (TPSA) is 49.8 Å². The van der Waals surface area contributed by atoms with Crippen LogP contribution < -0.4 is 10.1 Å². The van der Waals surface area contributed by atoms with Crippen LogP contribution in [-0.4, -0.2) is 43.1 Å². The number of aryl methyl sites for hydroxylation is 1. The van der Waals surface area contributed by atoms with Crippen LogP contribution in [0.1, 0.15) is 10.7 Å². The molecule has 2 rings (SSSR count). The third-order valence-electron chi connectivity index (χ3n) is 3.09. The van der Waals surface area contributed by atoms with Crippen LogP contribution in [0.25, 0.3) is 0 Å². The number of rotatable bonds is 6. The minimum absolute atomic E-state index is 0.569. The lowest BCUT2D eigenvalue weighted by molar-refractivity contribution is 0.319. The van der Waals surface area contributed by atoms with E-state index in [1.54, 1.807) is 18.4 Å². The maximum absolute atomic E-state index is 5.71. The SMILES string of the molecule is CN=C(NCCOc1cccc(Br)c1)N(C)Cc1csc(C)n1. The van der Waals surface area contributed by atoms with Gasteiger partial charge in [-0.2, -0.15) is 0 Å². The first kappa shape index (κ1) is 17.7. The summed E-state index contributed by atoms with van der Waals surface area (Å²) < 4.78 is 6.72. The first-order valence-electron chi connectivity index (χ1n) is 7.29. The molecule has 0 saturated carbocycles. The van der Waals surface area contributed by atoms with Gasteiger partial charge in [0, 0.05) is 23.9 Å². The standard InChI is InChI=1S/C16H21BrN4OS/c1-12-20-14(11-23-12)10-21(3)16(18-2)19-7-8-22-15-6-4-5-13(17)9-15/h4-6,9,11H,7-8,10H2,1-3H3,(H,18,19). The summed E-state index contributed by atoms with van der Waals surface area (Å²) in [5.41, 5.74) is 1.06. The van der Waals surface area contributed by atoms with Crippen LogP contribution in [0.3, 0.4) is 0 Å².